The van der Waals surface area contributed by atoms with Gasteiger partial charge in [0, 0.05) is 12.8 Å². The molecule has 6 nitrogen and oxygen atoms in total. The van der Waals surface area contributed by atoms with Crippen molar-refractivity contribution in [2.75, 3.05) is 13.2 Å². The van der Waals surface area contributed by atoms with Crippen LogP contribution in [0.5, 0.6) is 0 Å². The van der Waals surface area contributed by atoms with Crippen LogP contribution in [0, 0.1) is 5.92 Å². The number of esters is 3. The first-order valence-electron chi connectivity index (χ1n) is 20.3. The lowest BCUT2D eigenvalue weighted by atomic mass is 10.0. The average molecular weight is 677 g/mol. The summed E-state index contributed by atoms with van der Waals surface area (Å²) < 4.78 is 16.4. The fourth-order valence-electron chi connectivity index (χ4n) is 5.45. The summed E-state index contributed by atoms with van der Waals surface area (Å²) in [5.41, 5.74) is 0. The van der Waals surface area contributed by atoms with Gasteiger partial charge in [-0.2, -0.15) is 0 Å². The molecule has 6 heteroatoms. The molecule has 0 saturated heterocycles. The summed E-state index contributed by atoms with van der Waals surface area (Å²) in [6.07, 6.45) is 38.3. The molecule has 0 spiro atoms. The minimum absolute atomic E-state index is 0.0869. The third kappa shape index (κ3) is 32.4. The molecule has 0 amide bonds. The van der Waals surface area contributed by atoms with Crippen molar-refractivity contribution in [3.63, 3.8) is 0 Å². The summed E-state index contributed by atoms with van der Waals surface area (Å²) in [6.45, 7) is 8.03. The second-order valence-corrected chi connectivity index (χ2v) is 13.7. The molecule has 0 radical (unpaired) electrons. The Balaban J connectivity index is 4.06. The van der Waals surface area contributed by atoms with Crippen molar-refractivity contribution in [3.8, 4) is 0 Å². The molecular weight excluding hydrogens is 600 g/mol. The van der Waals surface area contributed by atoms with Gasteiger partial charge in [-0.05, 0) is 51.4 Å². The molecule has 0 aromatic heterocycles. The summed E-state index contributed by atoms with van der Waals surface area (Å²) in [5.74, 6) is -1.22. The molecule has 2 atom stereocenters. The summed E-state index contributed by atoms with van der Waals surface area (Å²) in [4.78, 5) is 37.1. The lowest BCUT2D eigenvalue weighted by Gasteiger charge is -2.20. The highest BCUT2D eigenvalue weighted by atomic mass is 16.6. The van der Waals surface area contributed by atoms with Gasteiger partial charge in [0.15, 0.2) is 6.10 Å². The minimum Gasteiger partial charge on any atom is -0.462 e. The number of rotatable bonds is 35. The Morgan fingerprint density at radius 3 is 1.31 bits per heavy atom. The maximum absolute atomic E-state index is 12.4. The molecule has 0 rings (SSSR count). The zero-order valence-corrected chi connectivity index (χ0v) is 31.9. The largest absolute Gasteiger partial charge is 0.462 e. The van der Waals surface area contributed by atoms with Crippen LogP contribution >= 0.6 is 0 Å². The van der Waals surface area contributed by atoms with E-state index < -0.39 is 6.10 Å². The predicted molar refractivity (Wildman–Crippen MR) is 201 cm³/mol. The van der Waals surface area contributed by atoms with E-state index >= 15 is 0 Å². The second-order valence-electron chi connectivity index (χ2n) is 13.7. The third-order valence-corrected chi connectivity index (χ3v) is 8.97. The van der Waals surface area contributed by atoms with Gasteiger partial charge in [-0.15, -0.1) is 0 Å². The van der Waals surface area contributed by atoms with Gasteiger partial charge in [-0.3, -0.25) is 14.4 Å². The van der Waals surface area contributed by atoms with Crippen LogP contribution in [0.2, 0.25) is 0 Å². The van der Waals surface area contributed by atoms with Crippen LogP contribution in [0.1, 0.15) is 201 Å². The van der Waals surface area contributed by atoms with Gasteiger partial charge in [0.05, 0.1) is 5.92 Å². The quantitative estimate of drug-likeness (QED) is 0.0288. The van der Waals surface area contributed by atoms with Gasteiger partial charge in [0.25, 0.3) is 0 Å². The van der Waals surface area contributed by atoms with Crippen molar-refractivity contribution in [2.45, 2.75) is 207 Å². The SMILES string of the molecule is CCCCC/C=C\C/C=C\CCCCCCCC(=O)OCC(COC(=O)CCCCCCCCCCCCCCC)OC(=O)C(C)CC. The molecule has 48 heavy (non-hydrogen) atoms. The number of ether oxygens (including phenoxy) is 3. The van der Waals surface area contributed by atoms with Gasteiger partial charge in [0.1, 0.15) is 13.2 Å². The van der Waals surface area contributed by atoms with E-state index in [9.17, 15) is 14.4 Å². The van der Waals surface area contributed by atoms with Gasteiger partial charge < -0.3 is 14.2 Å². The van der Waals surface area contributed by atoms with Crippen molar-refractivity contribution in [1.82, 2.24) is 0 Å². The van der Waals surface area contributed by atoms with E-state index in [1.54, 1.807) is 6.92 Å². The lowest BCUT2D eigenvalue weighted by Crippen LogP contribution is -2.32. The van der Waals surface area contributed by atoms with E-state index in [1.165, 1.54) is 96.3 Å². The summed E-state index contributed by atoms with van der Waals surface area (Å²) in [5, 5.41) is 0. The lowest BCUT2D eigenvalue weighted by molar-refractivity contribution is -0.169. The summed E-state index contributed by atoms with van der Waals surface area (Å²) in [6, 6.07) is 0. The Bertz CT molecular complexity index is 804. The number of unbranched alkanes of at least 4 members (excludes halogenated alkanes) is 20. The van der Waals surface area contributed by atoms with Crippen LogP contribution in [0.3, 0.4) is 0 Å². The summed E-state index contributed by atoms with van der Waals surface area (Å²) >= 11 is 0. The fraction of sp³-hybridized carbons (Fsp3) is 0.833. The Morgan fingerprint density at radius 2 is 0.875 bits per heavy atom. The highest BCUT2D eigenvalue weighted by Crippen LogP contribution is 2.14. The van der Waals surface area contributed by atoms with E-state index in [2.05, 4.69) is 38.2 Å². The fourth-order valence-corrected chi connectivity index (χ4v) is 5.45. The first-order chi connectivity index (χ1) is 23.4. The molecule has 0 aromatic rings. The number of hydrogen-bond acceptors (Lipinski definition) is 6. The van der Waals surface area contributed by atoms with Crippen LogP contribution < -0.4 is 0 Å². The summed E-state index contributed by atoms with van der Waals surface area (Å²) in [7, 11) is 0. The number of carbonyl (C=O) groups excluding carboxylic acids is 3. The van der Waals surface area contributed by atoms with E-state index in [0.29, 0.717) is 19.3 Å². The smallest absolute Gasteiger partial charge is 0.309 e. The molecule has 0 heterocycles. The Hall–Kier alpha value is -2.11. The van der Waals surface area contributed by atoms with Crippen molar-refractivity contribution in [2.24, 2.45) is 5.92 Å². The standard InChI is InChI=1S/C42H76O6/c1-5-8-10-12-14-16-18-20-21-23-25-27-29-31-33-35-41(44)47-37-39(48-42(45)38(4)7-3)36-46-40(43)34-32-30-28-26-24-22-19-17-15-13-11-9-6-2/h14,16,20-21,38-39H,5-13,15,17-19,22-37H2,1-4H3/b16-14-,21-20-. The molecule has 0 saturated carbocycles. The van der Waals surface area contributed by atoms with E-state index in [0.717, 1.165) is 57.8 Å². The van der Waals surface area contributed by atoms with Crippen LogP contribution in [-0.2, 0) is 28.6 Å². The molecule has 0 aromatic carbocycles. The Labute approximate surface area is 296 Å². The first kappa shape index (κ1) is 45.9. The predicted octanol–water partition coefficient (Wildman–Crippen LogP) is 12.3. The molecule has 0 aliphatic carbocycles. The van der Waals surface area contributed by atoms with Crippen LogP contribution in [0.15, 0.2) is 24.3 Å². The first-order valence-corrected chi connectivity index (χ1v) is 20.3. The van der Waals surface area contributed by atoms with Crippen molar-refractivity contribution in [3.05, 3.63) is 24.3 Å². The molecular formula is C42H76O6. The maximum Gasteiger partial charge on any atom is 0.309 e. The van der Waals surface area contributed by atoms with Gasteiger partial charge in [-0.1, -0.05) is 161 Å². The van der Waals surface area contributed by atoms with Crippen LogP contribution in [0.4, 0.5) is 0 Å². The van der Waals surface area contributed by atoms with Gasteiger partial charge in [-0.25, -0.2) is 0 Å². The Morgan fingerprint density at radius 1 is 0.500 bits per heavy atom. The third-order valence-electron chi connectivity index (χ3n) is 8.97. The number of hydrogen-bond donors (Lipinski definition) is 0. The molecule has 0 aliphatic heterocycles. The highest BCUT2D eigenvalue weighted by Gasteiger charge is 2.22. The van der Waals surface area contributed by atoms with Gasteiger partial charge >= 0.3 is 17.9 Å². The van der Waals surface area contributed by atoms with E-state index in [-0.39, 0.29) is 37.0 Å². The molecule has 280 valence electrons. The number of allylic oxidation sites excluding steroid dienone is 4. The molecule has 0 fully saturated rings. The highest BCUT2D eigenvalue weighted by molar-refractivity contribution is 5.72. The van der Waals surface area contributed by atoms with Crippen molar-refractivity contribution in [1.29, 1.82) is 0 Å². The van der Waals surface area contributed by atoms with Crippen molar-refractivity contribution < 1.29 is 28.6 Å². The molecule has 2 unspecified atom stereocenters. The molecule has 0 N–H and O–H groups in total. The van der Waals surface area contributed by atoms with Crippen molar-refractivity contribution >= 4 is 17.9 Å². The van der Waals surface area contributed by atoms with E-state index in [4.69, 9.17) is 14.2 Å². The Kier molecular flexibility index (Phi) is 34.6. The number of carbonyl (C=O) groups is 3. The molecule has 0 bridgehead atoms. The zero-order valence-electron chi connectivity index (χ0n) is 31.9. The van der Waals surface area contributed by atoms with Gasteiger partial charge in [0.2, 0.25) is 0 Å². The zero-order chi connectivity index (χ0) is 35.3. The average Bonchev–Trinajstić information content (AvgIpc) is 3.09. The topological polar surface area (TPSA) is 78.9 Å². The normalized spacial score (nSPS) is 12.8. The minimum atomic E-state index is -0.782. The van der Waals surface area contributed by atoms with E-state index in [1.807, 2.05) is 6.92 Å². The molecule has 0 aliphatic rings. The van der Waals surface area contributed by atoms with Crippen LogP contribution in [0.25, 0.3) is 0 Å². The second kappa shape index (κ2) is 36.2. The monoisotopic (exact) mass is 677 g/mol. The van der Waals surface area contributed by atoms with Crippen LogP contribution in [-0.4, -0.2) is 37.2 Å². The maximum atomic E-state index is 12.4.